The zero-order valence-corrected chi connectivity index (χ0v) is 10.6. The highest BCUT2D eigenvalue weighted by atomic mass is 79.9. The van der Waals surface area contributed by atoms with Crippen LogP contribution in [0.1, 0.15) is 13.8 Å². The number of carbonyl (C=O) groups excluding carboxylic acids is 2. The Morgan fingerprint density at radius 1 is 1.12 bits per heavy atom. The summed E-state index contributed by atoms with van der Waals surface area (Å²) < 4.78 is 0.932. The van der Waals surface area contributed by atoms with Gasteiger partial charge in [-0.3, -0.25) is 9.59 Å². The SMILES string of the molecule is CC(=O)C(N=Nc1ccc(Br)cc1)C(C)=O. The average Bonchev–Trinajstić information content (AvgIpc) is 2.20. The van der Waals surface area contributed by atoms with Crippen molar-refractivity contribution in [3.05, 3.63) is 28.7 Å². The zero-order chi connectivity index (χ0) is 12.1. The minimum absolute atomic E-state index is 0.298. The van der Waals surface area contributed by atoms with Gasteiger partial charge in [-0.05, 0) is 38.1 Å². The maximum absolute atomic E-state index is 11.1. The van der Waals surface area contributed by atoms with Crippen molar-refractivity contribution >= 4 is 33.2 Å². The molecule has 0 bridgehead atoms. The topological polar surface area (TPSA) is 58.9 Å². The Labute approximate surface area is 102 Å². The molecule has 0 amide bonds. The number of azo groups is 1. The number of hydrogen-bond acceptors (Lipinski definition) is 4. The number of benzene rings is 1. The van der Waals surface area contributed by atoms with E-state index >= 15 is 0 Å². The lowest BCUT2D eigenvalue weighted by atomic mass is 10.1. The third kappa shape index (κ3) is 3.66. The van der Waals surface area contributed by atoms with Crippen LogP contribution in [0.5, 0.6) is 0 Å². The van der Waals surface area contributed by atoms with Crippen molar-refractivity contribution in [3.63, 3.8) is 0 Å². The van der Waals surface area contributed by atoms with E-state index in [-0.39, 0.29) is 11.6 Å². The highest BCUT2D eigenvalue weighted by Crippen LogP contribution is 2.17. The molecule has 0 N–H and O–H groups in total. The monoisotopic (exact) mass is 282 g/mol. The molecule has 0 fully saturated rings. The molecule has 0 aromatic heterocycles. The third-order valence-corrected chi connectivity index (χ3v) is 2.41. The van der Waals surface area contributed by atoms with Crippen molar-refractivity contribution in [2.24, 2.45) is 10.2 Å². The van der Waals surface area contributed by atoms with Gasteiger partial charge in [-0.15, -0.1) is 0 Å². The first-order valence-electron chi connectivity index (χ1n) is 4.68. The molecule has 84 valence electrons. The molecule has 0 aliphatic heterocycles. The Kier molecular flexibility index (Phi) is 4.49. The number of halogens is 1. The fourth-order valence-corrected chi connectivity index (χ4v) is 1.35. The smallest absolute Gasteiger partial charge is 0.187 e. The molecule has 5 heteroatoms. The van der Waals surface area contributed by atoms with Crippen LogP contribution in [0.25, 0.3) is 0 Å². The van der Waals surface area contributed by atoms with E-state index < -0.39 is 6.04 Å². The quantitative estimate of drug-likeness (QED) is 0.629. The van der Waals surface area contributed by atoms with E-state index in [4.69, 9.17) is 0 Å². The molecule has 0 radical (unpaired) electrons. The van der Waals surface area contributed by atoms with Crippen LogP contribution in [-0.4, -0.2) is 17.6 Å². The highest BCUT2D eigenvalue weighted by molar-refractivity contribution is 9.10. The van der Waals surface area contributed by atoms with Gasteiger partial charge in [-0.2, -0.15) is 10.2 Å². The van der Waals surface area contributed by atoms with Crippen LogP contribution in [0.15, 0.2) is 39.0 Å². The number of Topliss-reactive ketones (excluding diaryl/α,β-unsaturated/α-hetero) is 2. The second-order valence-corrected chi connectivity index (χ2v) is 4.23. The van der Waals surface area contributed by atoms with Crippen LogP contribution in [0, 0.1) is 0 Å². The predicted molar refractivity (Wildman–Crippen MR) is 63.8 cm³/mol. The molecule has 16 heavy (non-hydrogen) atoms. The van der Waals surface area contributed by atoms with E-state index in [1.807, 2.05) is 12.1 Å². The van der Waals surface area contributed by atoms with Crippen LogP contribution in [0.2, 0.25) is 0 Å². The van der Waals surface area contributed by atoms with Crippen LogP contribution in [0.3, 0.4) is 0 Å². The molecular formula is C11H11BrN2O2. The van der Waals surface area contributed by atoms with E-state index in [2.05, 4.69) is 26.2 Å². The molecule has 0 spiro atoms. The van der Waals surface area contributed by atoms with Gasteiger partial charge in [0.2, 0.25) is 0 Å². The van der Waals surface area contributed by atoms with Gasteiger partial charge in [-0.25, -0.2) is 0 Å². The second kappa shape index (κ2) is 5.65. The molecule has 0 atom stereocenters. The summed E-state index contributed by atoms with van der Waals surface area (Å²) in [4.78, 5) is 22.2. The van der Waals surface area contributed by atoms with Gasteiger partial charge < -0.3 is 0 Å². The average molecular weight is 283 g/mol. The number of hydrogen-bond donors (Lipinski definition) is 0. The van der Waals surface area contributed by atoms with Gasteiger partial charge in [-0.1, -0.05) is 15.9 Å². The van der Waals surface area contributed by atoms with E-state index in [1.165, 1.54) is 13.8 Å². The van der Waals surface area contributed by atoms with Crippen LogP contribution < -0.4 is 0 Å². The van der Waals surface area contributed by atoms with Gasteiger partial charge in [0.15, 0.2) is 17.6 Å². The largest absolute Gasteiger partial charge is 0.297 e. The van der Waals surface area contributed by atoms with Gasteiger partial charge >= 0.3 is 0 Å². The van der Waals surface area contributed by atoms with Crippen molar-refractivity contribution in [2.75, 3.05) is 0 Å². The van der Waals surface area contributed by atoms with Gasteiger partial charge in [0.1, 0.15) is 0 Å². The fraction of sp³-hybridized carbons (Fsp3) is 0.273. The minimum Gasteiger partial charge on any atom is -0.297 e. The summed E-state index contributed by atoms with van der Waals surface area (Å²) in [5.74, 6) is -0.596. The molecule has 0 heterocycles. The molecule has 1 rings (SSSR count). The van der Waals surface area contributed by atoms with Crippen LogP contribution in [-0.2, 0) is 9.59 Å². The summed E-state index contributed by atoms with van der Waals surface area (Å²) in [5.41, 5.74) is 0.607. The molecule has 1 aromatic rings. The second-order valence-electron chi connectivity index (χ2n) is 3.32. The molecule has 4 nitrogen and oxygen atoms in total. The van der Waals surface area contributed by atoms with Crippen molar-refractivity contribution in [3.8, 4) is 0 Å². The van der Waals surface area contributed by atoms with Crippen molar-refractivity contribution in [1.29, 1.82) is 0 Å². The van der Waals surface area contributed by atoms with Crippen molar-refractivity contribution in [1.82, 2.24) is 0 Å². The molecule has 0 saturated heterocycles. The van der Waals surface area contributed by atoms with E-state index in [1.54, 1.807) is 12.1 Å². The number of nitrogens with zero attached hydrogens (tertiary/aromatic N) is 2. The lowest BCUT2D eigenvalue weighted by molar-refractivity contribution is -0.126. The molecule has 1 aromatic carbocycles. The Morgan fingerprint density at radius 3 is 2.06 bits per heavy atom. The molecule has 0 unspecified atom stereocenters. The van der Waals surface area contributed by atoms with E-state index in [0.717, 1.165) is 4.47 Å². The number of carbonyl (C=O) groups is 2. The molecule has 0 aliphatic rings. The number of ketones is 2. The Morgan fingerprint density at radius 2 is 1.62 bits per heavy atom. The van der Waals surface area contributed by atoms with Gasteiger partial charge in [0.25, 0.3) is 0 Å². The van der Waals surface area contributed by atoms with Crippen LogP contribution in [0.4, 0.5) is 5.69 Å². The molecule has 0 aliphatic carbocycles. The summed E-state index contributed by atoms with van der Waals surface area (Å²) in [7, 11) is 0. The highest BCUT2D eigenvalue weighted by Gasteiger charge is 2.18. The number of rotatable bonds is 4. The molecular weight excluding hydrogens is 272 g/mol. The standard InChI is InChI=1S/C11H11BrN2O2/c1-7(15)11(8(2)16)14-13-10-5-3-9(12)4-6-10/h3-6,11H,1-2H3. The van der Waals surface area contributed by atoms with Crippen molar-refractivity contribution < 1.29 is 9.59 Å². The van der Waals surface area contributed by atoms with Gasteiger partial charge in [0.05, 0.1) is 5.69 Å². The van der Waals surface area contributed by atoms with Gasteiger partial charge in [0, 0.05) is 4.47 Å². The Bertz CT molecular complexity index is 412. The van der Waals surface area contributed by atoms with Crippen LogP contribution >= 0.6 is 15.9 Å². The zero-order valence-electron chi connectivity index (χ0n) is 8.98. The van der Waals surface area contributed by atoms with E-state index in [9.17, 15) is 9.59 Å². The normalized spacial score (nSPS) is 11.0. The third-order valence-electron chi connectivity index (χ3n) is 1.89. The lowest BCUT2D eigenvalue weighted by Gasteiger charge is -2.01. The lowest BCUT2D eigenvalue weighted by Crippen LogP contribution is -2.23. The summed E-state index contributed by atoms with van der Waals surface area (Å²) in [6, 6.07) is 6.12. The Hall–Kier alpha value is -1.36. The molecule has 0 saturated carbocycles. The Balaban J connectivity index is 2.82. The summed E-state index contributed by atoms with van der Waals surface area (Å²) in [6.45, 7) is 2.65. The predicted octanol–water partition coefficient (Wildman–Crippen LogP) is 3.08. The summed E-state index contributed by atoms with van der Waals surface area (Å²) >= 11 is 3.29. The fourth-order valence-electron chi connectivity index (χ4n) is 1.08. The first-order valence-corrected chi connectivity index (χ1v) is 5.47. The van der Waals surface area contributed by atoms with Crippen molar-refractivity contribution in [2.45, 2.75) is 19.9 Å². The minimum atomic E-state index is -0.983. The summed E-state index contributed by atoms with van der Waals surface area (Å²) in [5, 5.41) is 7.59. The maximum atomic E-state index is 11.1. The maximum Gasteiger partial charge on any atom is 0.187 e. The first kappa shape index (κ1) is 12.7. The first-order chi connectivity index (χ1) is 7.50. The summed E-state index contributed by atoms with van der Waals surface area (Å²) in [6.07, 6.45) is 0. The van der Waals surface area contributed by atoms with E-state index in [0.29, 0.717) is 5.69 Å².